The molecule has 1 amide bonds. The molecule has 9 heteroatoms. The van der Waals surface area contributed by atoms with Gasteiger partial charge in [0.05, 0.1) is 11.3 Å². The molecule has 0 saturated carbocycles. The summed E-state index contributed by atoms with van der Waals surface area (Å²) in [5.74, 6) is 0.406. The molecule has 0 spiro atoms. The van der Waals surface area contributed by atoms with Gasteiger partial charge in [0, 0.05) is 31.2 Å². The summed E-state index contributed by atoms with van der Waals surface area (Å²) in [6.07, 6.45) is 8.05. The number of carbonyl (C=O) groups is 1. The van der Waals surface area contributed by atoms with E-state index in [4.69, 9.17) is 0 Å². The van der Waals surface area contributed by atoms with Crippen molar-refractivity contribution >= 4 is 15.9 Å². The summed E-state index contributed by atoms with van der Waals surface area (Å²) < 4.78 is 27.6. The predicted octanol–water partition coefficient (Wildman–Crippen LogP) is 0.421. The fourth-order valence-corrected chi connectivity index (χ4v) is 3.86. The average molecular weight is 349 g/mol. The molecule has 2 aromatic rings. The standard InChI is InChI=1S/C15H19N5O3S/c1-16-24(22,23)10-13-3-2-7-20(13)15(21)12-4-5-14(18-9-12)19-8-6-17-11-19/h4-6,8-9,11,13,16H,2-3,7,10H2,1H3/t13-/m1/s1. The first kappa shape index (κ1) is 16.6. The van der Waals surface area contributed by atoms with Gasteiger partial charge < -0.3 is 4.90 Å². The lowest BCUT2D eigenvalue weighted by atomic mass is 10.2. The molecule has 0 aliphatic carbocycles. The Balaban J connectivity index is 1.75. The molecule has 3 rings (SSSR count). The van der Waals surface area contributed by atoms with Crippen LogP contribution in [-0.2, 0) is 10.0 Å². The van der Waals surface area contributed by atoms with Gasteiger partial charge in [0.1, 0.15) is 12.1 Å². The molecule has 24 heavy (non-hydrogen) atoms. The third-order valence-corrected chi connectivity index (χ3v) is 5.57. The molecule has 2 aromatic heterocycles. The summed E-state index contributed by atoms with van der Waals surface area (Å²) in [4.78, 5) is 22.5. The lowest BCUT2D eigenvalue weighted by Crippen LogP contribution is -2.41. The zero-order valence-electron chi connectivity index (χ0n) is 13.3. The Morgan fingerprint density at radius 3 is 2.88 bits per heavy atom. The zero-order chi connectivity index (χ0) is 17.2. The first-order chi connectivity index (χ1) is 11.5. The van der Waals surface area contributed by atoms with Gasteiger partial charge in [-0.25, -0.2) is 23.1 Å². The minimum atomic E-state index is -3.36. The summed E-state index contributed by atoms with van der Waals surface area (Å²) in [6.45, 7) is 0.562. The van der Waals surface area contributed by atoms with Gasteiger partial charge in [0.2, 0.25) is 10.0 Å². The smallest absolute Gasteiger partial charge is 0.255 e. The number of aromatic nitrogens is 3. The second kappa shape index (κ2) is 6.70. The molecule has 0 unspecified atom stereocenters. The van der Waals surface area contributed by atoms with E-state index < -0.39 is 10.0 Å². The Morgan fingerprint density at radius 2 is 2.25 bits per heavy atom. The third kappa shape index (κ3) is 3.46. The van der Waals surface area contributed by atoms with E-state index in [9.17, 15) is 13.2 Å². The van der Waals surface area contributed by atoms with E-state index in [0.717, 1.165) is 6.42 Å². The monoisotopic (exact) mass is 349 g/mol. The lowest BCUT2D eigenvalue weighted by Gasteiger charge is -2.24. The van der Waals surface area contributed by atoms with Crippen LogP contribution in [0.15, 0.2) is 37.1 Å². The molecule has 0 aromatic carbocycles. The maximum atomic E-state index is 12.7. The van der Waals surface area contributed by atoms with Gasteiger partial charge in [0.25, 0.3) is 5.91 Å². The van der Waals surface area contributed by atoms with Crippen molar-refractivity contribution < 1.29 is 13.2 Å². The molecular weight excluding hydrogens is 330 g/mol. The van der Waals surface area contributed by atoms with E-state index in [1.54, 1.807) is 40.3 Å². The SMILES string of the molecule is CNS(=O)(=O)C[C@H]1CCCN1C(=O)c1ccc(-n2ccnc2)nc1. The molecular formula is C15H19N5O3S. The molecule has 1 saturated heterocycles. The van der Waals surface area contributed by atoms with Crippen molar-refractivity contribution in [2.45, 2.75) is 18.9 Å². The van der Waals surface area contributed by atoms with E-state index in [1.165, 1.54) is 13.2 Å². The Labute approximate surface area is 140 Å². The molecule has 0 bridgehead atoms. The van der Waals surface area contributed by atoms with Gasteiger partial charge in [-0.1, -0.05) is 0 Å². The molecule has 3 heterocycles. The summed E-state index contributed by atoms with van der Waals surface area (Å²) in [7, 11) is -1.97. The number of sulfonamides is 1. The van der Waals surface area contributed by atoms with Gasteiger partial charge in [0.15, 0.2) is 0 Å². The van der Waals surface area contributed by atoms with Crippen LogP contribution in [-0.4, -0.2) is 59.1 Å². The Hall–Kier alpha value is -2.26. The van der Waals surface area contributed by atoms with Crippen molar-refractivity contribution in [1.82, 2.24) is 24.2 Å². The van der Waals surface area contributed by atoms with Crippen molar-refractivity contribution in [3.63, 3.8) is 0 Å². The van der Waals surface area contributed by atoms with Crippen LogP contribution in [0.3, 0.4) is 0 Å². The molecule has 1 aliphatic rings. The van der Waals surface area contributed by atoms with E-state index in [2.05, 4.69) is 14.7 Å². The van der Waals surface area contributed by atoms with Crippen molar-refractivity contribution in [1.29, 1.82) is 0 Å². The van der Waals surface area contributed by atoms with Crippen molar-refractivity contribution in [2.24, 2.45) is 0 Å². The fraction of sp³-hybridized carbons (Fsp3) is 0.400. The summed E-state index contributed by atoms with van der Waals surface area (Å²) in [5, 5.41) is 0. The van der Waals surface area contributed by atoms with Gasteiger partial charge in [-0.05, 0) is 32.0 Å². The second-order valence-corrected chi connectivity index (χ2v) is 7.63. The minimum absolute atomic E-state index is 0.0736. The number of nitrogens with zero attached hydrogens (tertiary/aromatic N) is 4. The van der Waals surface area contributed by atoms with E-state index >= 15 is 0 Å². The number of nitrogens with one attached hydrogen (secondary N) is 1. The first-order valence-electron chi connectivity index (χ1n) is 7.67. The minimum Gasteiger partial charge on any atom is -0.335 e. The molecule has 128 valence electrons. The Bertz CT molecular complexity index is 802. The van der Waals surface area contributed by atoms with E-state index in [1.807, 2.05) is 0 Å². The molecule has 8 nitrogen and oxygen atoms in total. The predicted molar refractivity (Wildman–Crippen MR) is 88.3 cm³/mol. The number of amides is 1. The van der Waals surface area contributed by atoms with Crippen molar-refractivity contribution in [2.75, 3.05) is 19.3 Å². The lowest BCUT2D eigenvalue weighted by molar-refractivity contribution is 0.0748. The topological polar surface area (TPSA) is 97.2 Å². The molecule has 0 radical (unpaired) electrons. The van der Waals surface area contributed by atoms with Crippen LogP contribution >= 0.6 is 0 Å². The van der Waals surface area contributed by atoms with Crippen LogP contribution in [0.4, 0.5) is 0 Å². The second-order valence-electron chi connectivity index (χ2n) is 5.66. The van der Waals surface area contributed by atoms with Crippen LogP contribution in [0.25, 0.3) is 5.82 Å². The van der Waals surface area contributed by atoms with Crippen LogP contribution < -0.4 is 4.72 Å². The highest BCUT2D eigenvalue weighted by Gasteiger charge is 2.32. The zero-order valence-corrected chi connectivity index (χ0v) is 14.1. The highest BCUT2D eigenvalue weighted by atomic mass is 32.2. The number of rotatable bonds is 5. The average Bonchev–Trinajstić information content (AvgIpc) is 3.26. The quantitative estimate of drug-likeness (QED) is 0.844. The first-order valence-corrected chi connectivity index (χ1v) is 9.32. The maximum Gasteiger partial charge on any atom is 0.255 e. The largest absolute Gasteiger partial charge is 0.335 e. The Kier molecular flexibility index (Phi) is 4.63. The number of hydrogen-bond acceptors (Lipinski definition) is 5. The number of hydrogen-bond donors (Lipinski definition) is 1. The van der Waals surface area contributed by atoms with E-state index in [-0.39, 0.29) is 17.7 Å². The maximum absolute atomic E-state index is 12.7. The summed E-state index contributed by atoms with van der Waals surface area (Å²) in [5.41, 5.74) is 0.452. The van der Waals surface area contributed by atoms with Crippen molar-refractivity contribution in [3.8, 4) is 5.82 Å². The summed E-state index contributed by atoms with van der Waals surface area (Å²) in [6, 6.07) is 3.14. The van der Waals surface area contributed by atoms with Gasteiger partial charge >= 0.3 is 0 Å². The molecule has 1 atom stereocenters. The number of likely N-dealkylation sites (tertiary alicyclic amines) is 1. The van der Waals surface area contributed by atoms with Crippen LogP contribution in [0.5, 0.6) is 0 Å². The van der Waals surface area contributed by atoms with Crippen LogP contribution in [0.2, 0.25) is 0 Å². The number of pyridine rings is 1. The highest BCUT2D eigenvalue weighted by molar-refractivity contribution is 7.89. The van der Waals surface area contributed by atoms with Crippen LogP contribution in [0, 0.1) is 0 Å². The molecule has 1 fully saturated rings. The van der Waals surface area contributed by atoms with Gasteiger partial charge in [-0.2, -0.15) is 0 Å². The van der Waals surface area contributed by atoms with Crippen molar-refractivity contribution in [3.05, 3.63) is 42.6 Å². The van der Waals surface area contributed by atoms with Gasteiger partial charge in [-0.3, -0.25) is 9.36 Å². The Morgan fingerprint density at radius 1 is 1.42 bits per heavy atom. The van der Waals surface area contributed by atoms with Gasteiger partial charge in [-0.15, -0.1) is 0 Å². The van der Waals surface area contributed by atoms with E-state index in [0.29, 0.717) is 24.3 Å². The third-order valence-electron chi connectivity index (χ3n) is 4.12. The highest BCUT2D eigenvalue weighted by Crippen LogP contribution is 2.21. The molecule has 1 N–H and O–H groups in total. The van der Waals surface area contributed by atoms with Crippen LogP contribution in [0.1, 0.15) is 23.2 Å². The molecule has 1 aliphatic heterocycles. The summed E-state index contributed by atoms with van der Waals surface area (Å²) >= 11 is 0. The number of carbonyl (C=O) groups excluding carboxylic acids is 1. The fourth-order valence-electron chi connectivity index (χ4n) is 2.84. The normalized spacial score (nSPS) is 18.0. The number of imidazole rings is 1.